The number of anilines is 1. The predicted octanol–water partition coefficient (Wildman–Crippen LogP) is 4.23. The van der Waals surface area contributed by atoms with Crippen molar-refractivity contribution >= 4 is 44.4 Å². The normalized spacial score (nSPS) is 16.4. The second-order valence-electron chi connectivity index (χ2n) is 6.00. The zero-order valence-corrected chi connectivity index (χ0v) is 16.4. The van der Waals surface area contributed by atoms with E-state index < -0.39 is 0 Å². The van der Waals surface area contributed by atoms with Crippen molar-refractivity contribution in [1.82, 2.24) is 9.97 Å². The van der Waals surface area contributed by atoms with E-state index in [-0.39, 0.29) is 12.0 Å². The molecule has 0 bridgehead atoms. The molecule has 6 nitrogen and oxygen atoms in total. The minimum absolute atomic E-state index is 0.107. The van der Waals surface area contributed by atoms with Crippen LogP contribution in [0.2, 0.25) is 0 Å². The van der Waals surface area contributed by atoms with Gasteiger partial charge in [-0.1, -0.05) is 11.3 Å². The SMILES string of the molecule is CCOc1ccc2nc(NC(=O)c3cccnc3OC3CCSC3)sc2c1. The van der Waals surface area contributed by atoms with E-state index in [0.717, 1.165) is 33.9 Å². The zero-order chi connectivity index (χ0) is 18.6. The van der Waals surface area contributed by atoms with Gasteiger partial charge in [0.25, 0.3) is 5.91 Å². The van der Waals surface area contributed by atoms with Crippen LogP contribution in [0.3, 0.4) is 0 Å². The van der Waals surface area contributed by atoms with Gasteiger partial charge in [0.15, 0.2) is 5.13 Å². The first-order valence-corrected chi connectivity index (χ1v) is 10.7. The molecule has 1 saturated heterocycles. The standard InChI is InChI=1S/C19H19N3O3S2/c1-2-24-12-5-6-15-16(10-12)27-19(21-15)22-17(23)14-4-3-8-20-18(14)25-13-7-9-26-11-13/h3-6,8,10,13H,2,7,9,11H2,1H3,(H,21,22,23). The number of thiazole rings is 1. The molecule has 27 heavy (non-hydrogen) atoms. The summed E-state index contributed by atoms with van der Waals surface area (Å²) < 4.78 is 12.4. The molecule has 1 aliphatic rings. The van der Waals surface area contributed by atoms with E-state index in [9.17, 15) is 4.79 Å². The lowest BCUT2D eigenvalue weighted by Gasteiger charge is -2.14. The first kappa shape index (κ1) is 18.1. The van der Waals surface area contributed by atoms with Gasteiger partial charge < -0.3 is 9.47 Å². The molecule has 0 radical (unpaired) electrons. The summed E-state index contributed by atoms with van der Waals surface area (Å²) in [6.07, 6.45) is 2.72. The molecular weight excluding hydrogens is 382 g/mol. The molecule has 140 valence electrons. The van der Waals surface area contributed by atoms with Crippen LogP contribution in [-0.4, -0.2) is 40.1 Å². The zero-order valence-electron chi connectivity index (χ0n) is 14.8. The molecule has 4 rings (SSSR count). The van der Waals surface area contributed by atoms with Gasteiger partial charge in [0.2, 0.25) is 5.88 Å². The molecule has 3 aromatic rings. The maximum absolute atomic E-state index is 12.8. The molecular formula is C19H19N3O3S2. The van der Waals surface area contributed by atoms with Crippen LogP contribution in [-0.2, 0) is 0 Å². The third-order valence-corrected chi connectivity index (χ3v) is 6.14. The minimum atomic E-state index is -0.271. The average molecular weight is 402 g/mol. The Morgan fingerprint density at radius 1 is 1.37 bits per heavy atom. The maximum atomic E-state index is 12.8. The molecule has 1 aliphatic heterocycles. The smallest absolute Gasteiger partial charge is 0.262 e. The lowest BCUT2D eigenvalue weighted by molar-refractivity contribution is 0.101. The lowest BCUT2D eigenvalue weighted by atomic mass is 10.2. The summed E-state index contributed by atoms with van der Waals surface area (Å²) in [5.74, 6) is 2.91. The molecule has 1 unspecified atom stereocenters. The number of hydrogen-bond acceptors (Lipinski definition) is 7. The fraction of sp³-hybridized carbons (Fsp3) is 0.316. The Morgan fingerprint density at radius 2 is 2.30 bits per heavy atom. The molecule has 1 fully saturated rings. The maximum Gasteiger partial charge on any atom is 0.262 e. The monoisotopic (exact) mass is 401 g/mol. The lowest BCUT2D eigenvalue weighted by Crippen LogP contribution is -2.20. The van der Waals surface area contributed by atoms with Gasteiger partial charge in [-0.2, -0.15) is 11.8 Å². The highest BCUT2D eigenvalue weighted by atomic mass is 32.2. The van der Waals surface area contributed by atoms with Crippen molar-refractivity contribution in [3.63, 3.8) is 0 Å². The molecule has 8 heteroatoms. The fourth-order valence-electron chi connectivity index (χ4n) is 2.80. The largest absolute Gasteiger partial charge is 0.494 e. The van der Waals surface area contributed by atoms with Crippen molar-refractivity contribution in [1.29, 1.82) is 0 Å². The molecule has 1 N–H and O–H groups in total. The van der Waals surface area contributed by atoms with Crippen LogP contribution >= 0.6 is 23.1 Å². The predicted molar refractivity (Wildman–Crippen MR) is 109 cm³/mol. The van der Waals surface area contributed by atoms with Crippen molar-refractivity contribution in [2.45, 2.75) is 19.4 Å². The second-order valence-corrected chi connectivity index (χ2v) is 8.18. The topological polar surface area (TPSA) is 73.3 Å². The Labute approximate surface area is 165 Å². The van der Waals surface area contributed by atoms with Crippen LogP contribution in [0.5, 0.6) is 11.6 Å². The van der Waals surface area contributed by atoms with Crippen LogP contribution in [0, 0.1) is 0 Å². The van der Waals surface area contributed by atoms with Gasteiger partial charge in [-0.05, 0) is 49.4 Å². The van der Waals surface area contributed by atoms with E-state index in [1.807, 2.05) is 36.9 Å². The van der Waals surface area contributed by atoms with Crippen LogP contribution in [0.1, 0.15) is 23.7 Å². The Morgan fingerprint density at radius 3 is 3.11 bits per heavy atom. The number of amides is 1. The Balaban J connectivity index is 1.52. The van der Waals surface area contributed by atoms with Crippen LogP contribution in [0.4, 0.5) is 5.13 Å². The molecule has 0 spiro atoms. The highest BCUT2D eigenvalue weighted by Crippen LogP contribution is 2.30. The minimum Gasteiger partial charge on any atom is -0.494 e. The van der Waals surface area contributed by atoms with Crippen LogP contribution in [0.15, 0.2) is 36.5 Å². The van der Waals surface area contributed by atoms with Gasteiger partial charge in [0.1, 0.15) is 17.4 Å². The van der Waals surface area contributed by atoms with Gasteiger partial charge in [-0.25, -0.2) is 9.97 Å². The molecule has 1 aromatic carbocycles. The molecule has 0 aliphatic carbocycles. The summed E-state index contributed by atoms with van der Waals surface area (Å²) in [5.41, 5.74) is 1.24. The Bertz CT molecular complexity index is 954. The number of ether oxygens (including phenoxy) is 2. The Kier molecular flexibility index (Phi) is 5.45. The summed E-state index contributed by atoms with van der Waals surface area (Å²) >= 11 is 3.26. The highest BCUT2D eigenvalue weighted by Gasteiger charge is 2.22. The quantitative estimate of drug-likeness (QED) is 0.666. The van der Waals surface area contributed by atoms with Gasteiger partial charge >= 0.3 is 0 Å². The van der Waals surface area contributed by atoms with E-state index in [1.165, 1.54) is 11.3 Å². The highest BCUT2D eigenvalue weighted by molar-refractivity contribution is 7.99. The Hall–Kier alpha value is -2.32. The number of pyridine rings is 1. The fourth-order valence-corrected chi connectivity index (χ4v) is 4.78. The van der Waals surface area contributed by atoms with E-state index >= 15 is 0 Å². The van der Waals surface area contributed by atoms with Gasteiger partial charge in [-0.3, -0.25) is 10.1 Å². The number of fused-ring (bicyclic) bond motifs is 1. The number of thioether (sulfide) groups is 1. The number of nitrogens with zero attached hydrogens (tertiary/aromatic N) is 2. The number of nitrogens with one attached hydrogen (secondary N) is 1. The number of carbonyl (C=O) groups is 1. The third-order valence-electron chi connectivity index (χ3n) is 4.07. The first-order chi connectivity index (χ1) is 13.2. The van der Waals surface area contributed by atoms with Gasteiger partial charge in [-0.15, -0.1) is 0 Å². The number of benzene rings is 1. The van der Waals surface area contributed by atoms with E-state index in [1.54, 1.807) is 18.3 Å². The first-order valence-electron chi connectivity index (χ1n) is 8.77. The molecule has 3 heterocycles. The van der Waals surface area contributed by atoms with Crippen molar-refractivity contribution in [3.05, 3.63) is 42.1 Å². The van der Waals surface area contributed by atoms with Crippen LogP contribution < -0.4 is 14.8 Å². The number of hydrogen-bond donors (Lipinski definition) is 1. The summed E-state index contributed by atoms with van der Waals surface area (Å²) in [6, 6.07) is 9.16. The van der Waals surface area contributed by atoms with E-state index in [0.29, 0.717) is 23.2 Å². The van der Waals surface area contributed by atoms with Crippen molar-refractivity contribution in [2.24, 2.45) is 0 Å². The summed E-state index contributed by atoms with van der Waals surface area (Å²) in [5, 5.41) is 3.40. The average Bonchev–Trinajstić information content (AvgIpc) is 3.31. The summed E-state index contributed by atoms with van der Waals surface area (Å²) in [4.78, 5) is 21.5. The van der Waals surface area contributed by atoms with Crippen molar-refractivity contribution in [2.75, 3.05) is 23.4 Å². The number of rotatable bonds is 6. The van der Waals surface area contributed by atoms with Crippen molar-refractivity contribution in [3.8, 4) is 11.6 Å². The second kappa shape index (κ2) is 8.14. The molecule has 2 aromatic heterocycles. The van der Waals surface area contributed by atoms with Gasteiger partial charge in [0.05, 0.1) is 16.8 Å². The molecule has 0 saturated carbocycles. The molecule has 1 amide bonds. The third kappa shape index (κ3) is 4.17. The summed E-state index contributed by atoms with van der Waals surface area (Å²) in [6.45, 7) is 2.55. The number of aromatic nitrogens is 2. The molecule has 1 atom stereocenters. The number of carbonyl (C=O) groups excluding carboxylic acids is 1. The summed E-state index contributed by atoms with van der Waals surface area (Å²) in [7, 11) is 0. The van der Waals surface area contributed by atoms with Crippen molar-refractivity contribution < 1.29 is 14.3 Å². The van der Waals surface area contributed by atoms with E-state index in [2.05, 4.69) is 15.3 Å². The van der Waals surface area contributed by atoms with Gasteiger partial charge in [0, 0.05) is 11.9 Å². The van der Waals surface area contributed by atoms with Crippen LogP contribution in [0.25, 0.3) is 10.2 Å². The van der Waals surface area contributed by atoms with E-state index in [4.69, 9.17) is 9.47 Å².